The molecule has 0 aromatic rings. The Hall–Kier alpha value is -0.120. The van der Waals surface area contributed by atoms with E-state index in [1.54, 1.807) is 0 Å². The van der Waals surface area contributed by atoms with Crippen molar-refractivity contribution in [3.63, 3.8) is 0 Å². The molecule has 2 fully saturated rings. The van der Waals surface area contributed by atoms with Gasteiger partial charge in [0, 0.05) is 25.9 Å². The van der Waals surface area contributed by atoms with Crippen molar-refractivity contribution in [1.29, 1.82) is 0 Å². The van der Waals surface area contributed by atoms with Gasteiger partial charge in [0.05, 0.1) is 12.2 Å². The first-order valence-electron chi connectivity index (χ1n) is 5.15. The second-order valence-electron chi connectivity index (χ2n) is 4.36. The van der Waals surface area contributed by atoms with Crippen LogP contribution in [-0.4, -0.2) is 43.0 Å². The highest BCUT2D eigenvalue weighted by Crippen LogP contribution is 2.36. The van der Waals surface area contributed by atoms with Gasteiger partial charge in [-0.3, -0.25) is 0 Å². The average molecular weight is 185 g/mol. The lowest BCUT2D eigenvalue weighted by Gasteiger charge is -2.36. The molecule has 2 atom stereocenters. The summed E-state index contributed by atoms with van der Waals surface area (Å²) in [4.78, 5) is 2.33. The number of hydrogen-bond acceptors (Lipinski definition) is 3. The lowest BCUT2D eigenvalue weighted by Crippen LogP contribution is -2.43. The van der Waals surface area contributed by atoms with E-state index in [4.69, 9.17) is 9.47 Å². The number of rotatable bonds is 0. The van der Waals surface area contributed by atoms with Crippen LogP contribution in [0.3, 0.4) is 0 Å². The van der Waals surface area contributed by atoms with Crippen molar-refractivity contribution in [3.05, 3.63) is 0 Å². The SMILES string of the molecule is CC1OC2(CCN(C)CC2)OC1C. The van der Waals surface area contributed by atoms with Crippen LogP contribution in [0.1, 0.15) is 26.7 Å². The maximum absolute atomic E-state index is 5.90. The van der Waals surface area contributed by atoms with Crippen LogP contribution in [0.5, 0.6) is 0 Å². The predicted molar refractivity (Wildman–Crippen MR) is 50.6 cm³/mol. The summed E-state index contributed by atoms with van der Waals surface area (Å²) < 4.78 is 11.8. The van der Waals surface area contributed by atoms with Crippen LogP contribution in [0.2, 0.25) is 0 Å². The summed E-state index contributed by atoms with van der Waals surface area (Å²) in [5, 5.41) is 0. The number of likely N-dealkylation sites (tertiary alicyclic amines) is 1. The fourth-order valence-electron chi connectivity index (χ4n) is 2.09. The minimum atomic E-state index is -0.245. The highest BCUT2D eigenvalue weighted by atomic mass is 16.8. The third-order valence-electron chi connectivity index (χ3n) is 3.21. The van der Waals surface area contributed by atoms with E-state index >= 15 is 0 Å². The quantitative estimate of drug-likeness (QED) is 0.566. The molecule has 2 aliphatic heterocycles. The molecule has 0 saturated carbocycles. The lowest BCUT2D eigenvalue weighted by atomic mass is 10.0. The monoisotopic (exact) mass is 185 g/mol. The minimum Gasteiger partial charge on any atom is -0.344 e. The second-order valence-corrected chi connectivity index (χ2v) is 4.36. The third-order valence-corrected chi connectivity index (χ3v) is 3.21. The topological polar surface area (TPSA) is 21.7 Å². The first-order valence-corrected chi connectivity index (χ1v) is 5.15. The molecule has 0 aromatic heterocycles. The molecule has 0 amide bonds. The summed E-state index contributed by atoms with van der Waals surface area (Å²) in [5.41, 5.74) is 0. The number of nitrogens with zero attached hydrogens (tertiary/aromatic N) is 1. The summed E-state index contributed by atoms with van der Waals surface area (Å²) >= 11 is 0. The summed E-state index contributed by atoms with van der Waals surface area (Å²) in [6.07, 6.45) is 2.53. The van der Waals surface area contributed by atoms with Crippen molar-refractivity contribution < 1.29 is 9.47 Å². The van der Waals surface area contributed by atoms with Crippen LogP contribution >= 0.6 is 0 Å². The molecule has 2 heterocycles. The van der Waals surface area contributed by atoms with E-state index in [1.807, 2.05) is 0 Å². The zero-order chi connectivity index (χ0) is 9.47. The average Bonchev–Trinajstić information content (AvgIpc) is 2.36. The summed E-state index contributed by atoms with van der Waals surface area (Å²) in [6, 6.07) is 0. The summed E-state index contributed by atoms with van der Waals surface area (Å²) in [7, 11) is 2.15. The Morgan fingerprint density at radius 1 is 1.08 bits per heavy atom. The van der Waals surface area contributed by atoms with Gasteiger partial charge in [-0.1, -0.05) is 0 Å². The molecule has 0 aromatic carbocycles. The summed E-state index contributed by atoms with van der Waals surface area (Å²) in [6.45, 7) is 6.36. The molecule has 3 nitrogen and oxygen atoms in total. The zero-order valence-electron chi connectivity index (χ0n) is 8.75. The molecule has 2 aliphatic rings. The molecule has 0 radical (unpaired) electrons. The van der Waals surface area contributed by atoms with Gasteiger partial charge < -0.3 is 14.4 Å². The molecule has 1 spiro atoms. The molecule has 0 N–H and O–H groups in total. The molecule has 3 heteroatoms. The van der Waals surface area contributed by atoms with Gasteiger partial charge in [0.15, 0.2) is 5.79 Å². The fourth-order valence-corrected chi connectivity index (χ4v) is 2.09. The Kier molecular flexibility index (Phi) is 2.34. The fraction of sp³-hybridized carbons (Fsp3) is 1.00. The van der Waals surface area contributed by atoms with E-state index in [1.165, 1.54) is 0 Å². The second kappa shape index (κ2) is 3.23. The van der Waals surface area contributed by atoms with Crippen LogP contribution in [0.25, 0.3) is 0 Å². The van der Waals surface area contributed by atoms with E-state index in [0.717, 1.165) is 25.9 Å². The number of ether oxygens (including phenoxy) is 2. The lowest BCUT2D eigenvalue weighted by molar-refractivity contribution is -0.197. The number of hydrogen-bond donors (Lipinski definition) is 0. The standard InChI is InChI=1S/C10H19NO2/c1-8-9(2)13-10(12-8)4-6-11(3)7-5-10/h8-9H,4-7H2,1-3H3. The van der Waals surface area contributed by atoms with Crippen molar-refractivity contribution in [1.82, 2.24) is 4.90 Å². The van der Waals surface area contributed by atoms with Crippen LogP contribution in [-0.2, 0) is 9.47 Å². The Morgan fingerprint density at radius 3 is 2.00 bits per heavy atom. The van der Waals surface area contributed by atoms with Gasteiger partial charge in [-0.25, -0.2) is 0 Å². The van der Waals surface area contributed by atoms with Gasteiger partial charge in [0.2, 0.25) is 0 Å². The van der Waals surface area contributed by atoms with Gasteiger partial charge in [-0.15, -0.1) is 0 Å². The predicted octanol–water partition coefficient (Wildman–Crippen LogP) is 1.23. The zero-order valence-corrected chi connectivity index (χ0v) is 8.75. The van der Waals surface area contributed by atoms with Crippen molar-refractivity contribution >= 4 is 0 Å². The van der Waals surface area contributed by atoms with E-state index in [2.05, 4.69) is 25.8 Å². The van der Waals surface area contributed by atoms with Crippen LogP contribution in [0.4, 0.5) is 0 Å². The Labute approximate surface area is 80.0 Å². The molecule has 76 valence electrons. The van der Waals surface area contributed by atoms with Crippen molar-refractivity contribution in [2.75, 3.05) is 20.1 Å². The smallest absolute Gasteiger partial charge is 0.171 e. The summed E-state index contributed by atoms with van der Waals surface area (Å²) in [5.74, 6) is -0.245. The maximum atomic E-state index is 5.90. The van der Waals surface area contributed by atoms with Crippen molar-refractivity contribution in [2.24, 2.45) is 0 Å². The minimum absolute atomic E-state index is 0.245. The van der Waals surface area contributed by atoms with Gasteiger partial charge in [-0.05, 0) is 20.9 Å². The van der Waals surface area contributed by atoms with E-state index < -0.39 is 0 Å². The van der Waals surface area contributed by atoms with Gasteiger partial charge in [-0.2, -0.15) is 0 Å². The van der Waals surface area contributed by atoms with Gasteiger partial charge in [0.25, 0.3) is 0 Å². The highest BCUT2D eigenvalue weighted by molar-refractivity contribution is 4.86. The first kappa shape index (κ1) is 9.44. The Morgan fingerprint density at radius 2 is 1.54 bits per heavy atom. The van der Waals surface area contributed by atoms with Gasteiger partial charge >= 0.3 is 0 Å². The molecule has 2 saturated heterocycles. The maximum Gasteiger partial charge on any atom is 0.171 e. The Bertz CT molecular complexity index is 175. The Balaban J connectivity index is 1.99. The van der Waals surface area contributed by atoms with Crippen molar-refractivity contribution in [3.8, 4) is 0 Å². The molecule has 13 heavy (non-hydrogen) atoms. The molecular weight excluding hydrogens is 166 g/mol. The normalized spacial score (nSPS) is 39.9. The van der Waals surface area contributed by atoms with E-state index in [0.29, 0.717) is 0 Å². The first-order chi connectivity index (χ1) is 6.11. The third kappa shape index (κ3) is 1.73. The van der Waals surface area contributed by atoms with Gasteiger partial charge in [0.1, 0.15) is 0 Å². The number of piperidine rings is 1. The van der Waals surface area contributed by atoms with Crippen LogP contribution < -0.4 is 0 Å². The molecule has 0 bridgehead atoms. The van der Waals surface area contributed by atoms with Crippen molar-refractivity contribution in [2.45, 2.75) is 44.7 Å². The molecular formula is C10H19NO2. The highest BCUT2D eigenvalue weighted by Gasteiger charge is 2.45. The van der Waals surface area contributed by atoms with Crippen LogP contribution in [0, 0.1) is 0 Å². The van der Waals surface area contributed by atoms with Crippen LogP contribution in [0.15, 0.2) is 0 Å². The van der Waals surface area contributed by atoms with E-state index in [-0.39, 0.29) is 18.0 Å². The van der Waals surface area contributed by atoms with E-state index in [9.17, 15) is 0 Å². The molecule has 0 aliphatic carbocycles. The largest absolute Gasteiger partial charge is 0.344 e. The molecule has 2 rings (SSSR count). The molecule has 2 unspecified atom stereocenters.